The first-order valence-electron chi connectivity index (χ1n) is 6.73. The molecule has 0 aliphatic carbocycles. The molecule has 6 heteroatoms. The van der Waals surface area contributed by atoms with Crippen molar-refractivity contribution in [1.29, 1.82) is 0 Å². The van der Waals surface area contributed by atoms with Crippen molar-refractivity contribution in [3.05, 3.63) is 24.3 Å². The smallest absolute Gasteiger partial charge is 0.150 e. The molecule has 0 aromatic heterocycles. The van der Waals surface area contributed by atoms with E-state index in [0.29, 0.717) is 25.2 Å². The van der Waals surface area contributed by atoms with Crippen LogP contribution in [0.5, 0.6) is 11.5 Å². The molecule has 1 saturated heterocycles. The molecule has 0 bridgehead atoms. The van der Waals surface area contributed by atoms with E-state index in [-0.39, 0.29) is 23.5 Å². The van der Waals surface area contributed by atoms with Crippen molar-refractivity contribution in [1.82, 2.24) is 0 Å². The molecule has 1 fully saturated rings. The lowest BCUT2D eigenvalue weighted by atomic mass is 9.95. The maximum atomic E-state index is 11.4. The van der Waals surface area contributed by atoms with Crippen LogP contribution in [-0.4, -0.2) is 39.7 Å². The van der Waals surface area contributed by atoms with E-state index in [1.807, 2.05) is 18.2 Å². The van der Waals surface area contributed by atoms with Gasteiger partial charge in [-0.3, -0.25) is 0 Å². The van der Waals surface area contributed by atoms with Crippen LogP contribution >= 0.6 is 0 Å². The molecule has 1 aromatic carbocycles. The van der Waals surface area contributed by atoms with Gasteiger partial charge in [-0.15, -0.1) is 0 Å². The second-order valence-corrected chi connectivity index (χ2v) is 7.45. The third-order valence-electron chi connectivity index (χ3n) is 3.69. The molecule has 5 nitrogen and oxygen atoms in total. The van der Waals surface area contributed by atoms with E-state index in [0.717, 1.165) is 5.75 Å². The molecule has 1 aromatic rings. The van der Waals surface area contributed by atoms with Gasteiger partial charge in [0.1, 0.15) is 27.9 Å². The molecular formula is C14H21NO4S. The highest BCUT2D eigenvalue weighted by Gasteiger charge is 2.27. The van der Waals surface area contributed by atoms with Crippen molar-refractivity contribution in [2.24, 2.45) is 11.7 Å². The Labute approximate surface area is 120 Å². The predicted octanol–water partition coefficient (Wildman–Crippen LogP) is 1.23. The van der Waals surface area contributed by atoms with Crippen LogP contribution in [0.3, 0.4) is 0 Å². The monoisotopic (exact) mass is 299 g/mol. The molecule has 1 aliphatic heterocycles. The summed E-state index contributed by atoms with van der Waals surface area (Å²) in [6, 6.07) is 7.21. The van der Waals surface area contributed by atoms with Crippen molar-refractivity contribution in [2.45, 2.75) is 18.9 Å². The highest BCUT2D eigenvalue weighted by Crippen LogP contribution is 2.23. The molecule has 112 valence electrons. The molecule has 0 saturated carbocycles. The SMILES string of the molecule is COc1cccc(OCC(N)C2CCS(=O)(=O)CC2)c1. The number of hydrogen-bond donors (Lipinski definition) is 1. The van der Waals surface area contributed by atoms with Crippen molar-refractivity contribution in [3.63, 3.8) is 0 Å². The van der Waals surface area contributed by atoms with Crippen LogP contribution in [0, 0.1) is 5.92 Å². The second-order valence-electron chi connectivity index (χ2n) is 5.14. The highest BCUT2D eigenvalue weighted by atomic mass is 32.2. The van der Waals surface area contributed by atoms with E-state index < -0.39 is 9.84 Å². The van der Waals surface area contributed by atoms with Gasteiger partial charge in [0.15, 0.2) is 0 Å². The first-order valence-corrected chi connectivity index (χ1v) is 8.55. The van der Waals surface area contributed by atoms with Gasteiger partial charge in [-0.25, -0.2) is 8.42 Å². The Balaban J connectivity index is 1.84. The van der Waals surface area contributed by atoms with Gasteiger partial charge in [0, 0.05) is 12.1 Å². The lowest BCUT2D eigenvalue weighted by Crippen LogP contribution is -2.40. The Bertz CT molecular complexity index is 530. The average Bonchev–Trinajstić information content (AvgIpc) is 2.45. The van der Waals surface area contributed by atoms with Gasteiger partial charge in [-0.05, 0) is 30.9 Å². The van der Waals surface area contributed by atoms with E-state index >= 15 is 0 Å². The molecule has 2 rings (SSSR count). The van der Waals surface area contributed by atoms with Gasteiger partial charge in [-0.2, -0.15) is 0 Å². The average molecular weight is 299 g/mol. The van der Waals surface area contributed by atoms with E-state index in [9.17, 15) is 8.42 Å². The van der Waals surface area contributed by atoms with Crippen LogP contribution in [0.25, 0.3) is 0 Å². The Morgan fingerprint density at radius 1 is 1.30 bits per heavy atom. The summed E-state index contributed by atoms with van der Waals surface area (Å²) >= 11 is 0. The van der Waals surface area contributed by atoms with Crippen molar-refractivity contribution < 1.29 is 17.9 Å². The number of rotatable bonds is 5. The van der Waals surface area contributed by atoms with Gasteiger partial charge < -0.3 is 15.2 Å². The van der Waals surface area contributed by atoms with Crippen LogP contribution in [0.4, 0.5) is 0 Å². The van der Waals surface area contributed by atoms with Crippen LogP contribution in [0.15, 0.2) is 24.3 Å². The van der Waals surface area contributed by atoms with Gasteiger partial charge in [0.2, 0.25) is 0 Å². The third-order valence-corrected chi connectivity index (χ3v) is 5.40. The Morgan fingerprint density at radius 3 is 2.60 bits per heavy atom. The largest absolute Gasteiger partial charge is 0.497 e. The number of methoxy groups -OCH3 is 1. The van der Waals surface area contributed by atoms with Crippen LogP contribution in [-0.2, 0) is 9.84 Å². The summed E-state index contributed by atoms with van der Waals surface area (Å²) in [4.78, 5) is 0. The number of sulfone groups is 1. The zero-order chi connectivity index (χ0) is 14.6. The highest BCUT2D eigenvalue weighted by molar-refractivity contribution is 7.91. The zero-order valence-electron chi connectivity index (χ0n) is 11.6. The minimum atomic E-state index is -2.84. The van der Waals surface area contributed by atoms with Crippen molar-refractivity contribution in [3.8, 4) is 11.5 Å². The second kappa shape index (κ2) is 6.45. The predicted molar refractivity (Wildman–Crippen MR) is 77.8 cm³/mol. The molecular weight excluding hydrogens is 278 g/mol. The normalized spacial score (nSPS) is 20.3. The molecule has 1 heterocycles. The van der Waals surface area contributed by atoms with Crippen molar-refractivity contribution in [2.75, 3.05) is 25.2 Å². The van der Waals surface area contributed by atoms with Crippen LogP contribution in [0.1, 0.15) is 12.8 Å². The van der Waals surface area contributed by atoms with E-state index in [1.54, 1.807) is 13.2 Å². The van der Waals surface area contributed by atoms with E-state index in [1.165, 1.54) is 0 Å². The molecule has 2 N–H and O–H groups in total. The molecule has 20 heavy (non-hydrogen) atoms. The topological polar surface area (TPSA) is 78.6 Å². The summed E-state index contributed by atoms with van der Waals surface area (Å²) in [6.07, 6.45) is 1.26. The maximum absolute atomic E-state index is 11.4. The van der Waals surface area contributed by atoms with Crippen LogP contribution in [0.2, 0.25) is 0 Å². The number of hydrogen-bond acceptors (Lipinski definition) is 5. The van der Waals surface area contributed by atoms with Gasteiger partial charge in [0.25, 0.3) is 0 Å². The quantitative estimate of drug-likeness (QED) is 0.884. The summed E-state index contributed by atoms with van der Waals surface area (Å²) in [5.41, 5.74) is 6.10. The number of ether oxygens (including phenoxy) is 2. The summed E-state index contributed by atoms with van der Waals surface area (Å²) in [5, 5.41) is 0. The van der Waals surface area contributed by atoms with Gasteiger partial charge >= 0.3 is 0 Å². The molecule has 0 radical (unpaired) electrons. The Morgan fingerprint density at radius 2 is 1.95 bits per heavy atom. The van der Waals surface area contributed by atoms with Gasteiger partial charge in [0.05, 0.1) is 18.6 Å². The lowest BCUT2D eigenvalue weighted by molar-refractivity contribution is 0.236. The fourth-order valence-corrected chi connectivity index (χ4v) is 3.88. The maximum Gasteiger partial charge on any atom is 0.150 e. The summed E-state index contributed by atoms with van der Waals surface area (Å²) < 4.78 is 33.5. The number of nitrogens with two attached hydrogens (primary N) is 1. The fraction of sp³-hybridized carbons (Fsp3) is 0.571. The summed E-state index contributed by atoms with van der Waals surface area (Å²) in [6.45, 7) is 0.387. The lowest BCUT2D eigenvalue weighted by Gasteiger charge is -2.27. The molecule has 0 spiro atoms. The molecule has 0 amide bonds. The van der Waals surface area contributed by atoms with Gasteiger partial charge in [-0.1, -0.05) is 6.07 Å². The molecule has 1 aliphatic rings. The molecule has 1 atom stereocenters. The van der Waals surface area contributed by atoms with Crippen LogP contribution < -0.4 is 15.2 Å². The zero-order valence-corrected chi connectivity index (χ0v) is 12.4. The Hall–Kier alpha value is -1.27. The minimum absolute atomic E-state index is 0.142. The van der Waals surface area contributed by atoms with E-state index in [4.69, 9.17) is 15.2 Å². The molecule has 1 unspecified atom stereocenters. The first-order chi connectivity index (χ1) is 9.50. The first kappa shape index (κ1) is 15.1. The van der Waals surface area contributed by atoms with E-state index in [2.05, 4.69) is 0 Å². The summed E-state index contributed by atoms with van der Waals surface area (Å²) in [7, 11) is -1.23. The summed E-state index contributed by atoms with van der Waals surface area (Å²) in [5.74, 6) is 2.14. The third kappa shape index (κ3) is 4.11. The number of benzene rings is 1. The standard InChI is InChI=1S/C14H21NO4S/c1-18-12-3-2-4-13(9-12)19-10-14(15)11-5-7-20(16,17)8-6-11/h2-4,9,11,14H,5-8,10,15H2,1H3. The Kier molecular flexibility index (Phi) is 4.88. The minimum Gasteiger partial charge on any atom is -0.497 e. The fourth-order valence-electron chi connectivity index (χ4n) is 2.36. The van der Waals surface area contributed by atoms with Crippen molar-refractivity contribution >= 4 is 9.84 Å².